The fourth-order valence-corrected chi connectivity index (χ4v) is 2.84. The van der Waals surface area contributed by atoms with Crippen molar-refractivity contribution in [2.24, 2.45) is 0 Å². The second kappa shape index (κ2) is 6.88. The Hall–Kier alpha value is -1.60. The SMILES string of the molecule is Cc1nc2cccc(Br)c2n1CC(O)CNC(=O)OC(C)(C)C. The van der Waals surface area contributed by atoms with Gasteiger partial charge in [0.25, 0.3) is 0 Å². The summed E-state index contributed by atoms with van der Waals surface area (Å²) in [5.41, 5.74) is 1.24. The average Bonchev–Trinajstić information content (AvgIpc) is 2.72. The van der Waals surface area contributed by atoms with E-state index in [0.29, 0.717) is 6.54 Å². The van der Waals surface area contributed by atoms with Gasteiger partial charge in [0, 0.05) is 11.0 Å². The van der Waals surface area contributed by atoms with Crippen LogP contribution < -0.4 is 5.32 Å². The van der Waals surface area contributed by atoms with Gasteiger partial charge in [-0.3, -0.25) is 0 Å². The van der Waals surface area contributed by atoms with Gasteiger partial charge in [-0.05, 0) is 55.8 Å². The molecule has 0 spiro atoms. The van der Waals surface area contributed by atoms with Crippen molar-refractivity contribution < 1.29 is 14.6 Å². The van der Waals surface area contributed by atoms with Crippen LogP contribution in [0.3, 0.4) is 0 Å². The molecule has 1 aromatic carbocycles. The van der Waals surface area contributed by atoms with Crippen molar-refractivity contribution >= 4 is 33.1 Å². The number of carbonyl (C=O) groups excluding carboxylic acids is 1. The fraction of sp³-hybridized carbons (Fsp3) is 0.500. The van der Waals surface area contributed by atoms with Crippen LogP contribution in [0.5, 0.6) is 0 Å². The zero-order valence-electron chi connectivity index (χ0n) is 13.8. The van der Waals surface area contributed by atoms with Crippen LogP contribution in [-0.2, 0) is 11.3 Å². The minimum Gasteiger partial charge on any atom is -0.444 e. The number of fused-ring (bicyclic) bond motifs is 1. The van der Waals surface area contributed by atoms with Crippen LogP contribution in [-0.4, -0.2) is 39.0 Å². The molecule has 126 valence electrons. The Bertz CT molecular complexity index is 706. The zero-order chi connectivity index (χ0) is 17.2. The van der Waals surface area contributed by atoms with Crippen LogP contribution in [0.1, 0.15) is 26.6 Å². The Kier molecular flexibility index (Phi) is 5.31. The number of nitrogens with zero attached hydrogens (tertiary/aromatic N) is 2. The molecule has 7 heteroatoms. The normalized spacial score (nSPS) is 13.1. The molecule has 0 saturated carbocycles. The van der Waals surface area contributed by atoms with E-state index in [4.69, 9.17) is 4.74 Å². The van der Waals surface area contributed by atoms with Crippen molar-refractivity contribution in [3.05, 3.63) is 28.5 Å². The van der Waals surface area contributed by atoms with Crippen LogP contribution in [0.15, 0.2) is 22.7 Å². The molecule has 23 heavy (non-hydrogen) atoms. The van der Waals surface area contributed by atoms with Crippen molar-refractivity contribution in [3.8, 4) is 0 Å². The molecule has 0 aliphatic carbocycles. The topological polar surface area (TPSA) is 76.4 Å². The number of aliphatic hydroxyl groups is 1. The number of imidazole rings is 1. The molecule has 1 aromatic heterocycles. The number of benzene rings is 1. The molecular formula is C16H22BrN3O3. The molecule has 2 rings (SSSR count). The van der Waals surface area contributed by atoms with E-state index in [9.17, 15) is 9.90 Å². The first-order valence-corrected chi connectivity index (χ1v) is 8.23. The smallest absolute Gasteiger partial charge is 0.407 e. The van der Waals surface area contributed by atoms with Crippen LogP contribution >= 0.6 is 15.9 Å². The maximum atomic E-state index is 11.6. The Morgan fingerprint density at radius 2 is 2.17 bits per heavy atom. The number of hydrogen-bond acceptors (Lipinski definition) is 4. The first-order valence-electron chi connectivity index (χ1n) is 7.43. The number of alkyl carbamates (subject to hydrolysis) is 1. The number of amides is 1. The lowest BCUT2D eigenvalue weighted by Crippen LogP contribution is -2.38. The number of aryl methyl sites for hydroxylation is 1. The number of aliphatic hydroxyl groups excluding tert-OH is 1. The first kappa shape index (κ1) is 17.7. The molecule has 0 aliphatic heterocycles. The van der Waals surface area contributed by atoms with Gasteiger partial charge in [-0.25, -0.2) is 9.78 Å². The molecule has 0 saturated heterocycles. The van der Waals surface area contributed by atoms with E-state index in [1.165, 1.54) is 0 Å². The van der Waals surface area contributed by atoms with E-state index < -0.39 is 17.8 Å². The largest absolute Gasteiger partial charge is 0.444 e. The van der Waals surface area contributed by atoms with Gasteiger partial charge in [0.15, 0.2) is 0 Å². The second-order valence-electron chi connectivity index (χ2n) is 6.41. The van der Waals surface area contributed by atoms with Gasteiger partial charge >= 0.3 is 6.09 Å². The molecule has 1 heterocycles. The summed E-state index contributed by atoms with van der Waals surface area (Å²) in [5.74, 6) is 0.809. The Balaban J connectivity index is 2.02. The Labute approximate surface area is 144 Å². The highest BCUT2D eigenvalue weighted by molar-refractivity contribution is 9.10. The fourth-order valence-electron chi connectivity index (χ4n) is 2.27. The van der Waals surface area contributed by atoms with Crippen molar-refractivity contribution in [2.45, 2.75) is 45.9 Å². The third-order valence-corrected chi connectivity index (χ3v) is 3.82. The highest BCUT2D eigenvalue weighted by Crippen LogP contribution is 2.25. The summed E-state index contributed by atoms with van der Waals surface area (Å²) in [4.78, 5) is 16.1. The summed E-state index contributed by atoms with van der Waals surface area (Å²) in [6.45, 7) is 7.71. The van der Waals surface area contributed by atoms with E-state index in [1.54, 1.807) is 20.8 Å². The van der Waals surface area contributed by atoms with Crippen molar-refractivity contribution in [3.63, 3.8) is 0 Å². The van der Waals surface area contributed by atoms with E-state index in [-0.39, 0.29) is 6.54 Å². The summed E-state index contributed by atoms with van der Waals surface area (Å²) in [7, 11) is 0. The van der Waals surface area contributed by atoms with Gasteiger partial charge in [-0.1, -0.05) is 6.07 Å². The maximum absolute atomic E-state index is 11.6. The van der Waals surface area contributed by atoms with Crippen LogP contribution in [0.25, 0.3) is 11.0 Å². The van der Waals surface area contributed by atoms with Gasteiger partial charge in [-0.15, -0.1) is 0 Å². The summed E-state index contributed by atoms with van der Waals surface area (Å²) in [6.07, 6.45) is -1.28. The standard InChI is InChI=1S/C16H22BrN3O3/c1-10-19-13-7-5-6-12(17)14(13)20(10)9-11(21)8-18-15(22)23-16(2,3)4/h5-7,11,21H,8-9H2,1-4H3,(H,18,22). The number of hydrogen-bond donors (Lipinski definition) is 2. The molecular weight excluding hydrogens is 362 g/mol. The van der Waals surface area contributed by atoms with Gasteiger partial charge in [-0.2, -0.15) is 0 Å². The first-order chi connectivity index (χ1) is 10.7. The van der Waals surface area contributed by atoms with E-state index in [1.807, 2.05) is 29.7 Å². The predicted octanol–water partition coefficient (Wildman–Crippen LogP) is 2.99. The minimum atomic E-state index is -0.745. The zero-order valence-corrected chi connectivity index (χ0v) is 15.3. The third-order valence-electron chi connectivity index (χ3n) is 3.18. The van der Waals surface area contributed by atoms with Crippen molar-refractivity contribution in [2.75, 3.05) is 6.54 Å². The van der Waals surface area contributed by atoms with E-state index >= 15 is 0 Å². The number of carbonyl (C=O) groups is 1. The molecule has 2 N–H and O–H groups in total. The van der Waals surface area contributed by atoms with Crippen LogP contribution in [0.2, 0.25) is 0 Å². The molecule has 1 atom stereocenters. The van der Waals surface area contributed by atoms with Crippen LogP contribution in [0.4, 0.5) is 4.79 Å². The molecule has 1 unspecified atom stereocenters. The number of ether oxygens (including phenoxy) is 1. The molecule has 0 fully saturated rings. The quantitative estimate of drug-likeness (QED) is 0.850. The number of rotatable bonds is 4. The number of aromatic nitrogens is 2. The highest BCUT2D eigenvalue weighted by atomic mass is 79.9. The lowest BCUT2D eigenvalue weighted by atomic mass is 10.2. The summed E-state index contributed by atoms with van der Waals surface area (Å²) >= 11 is 3.51. The lowest BCUT2D eigenvalue weighted by molar-refractivity contribution is 0.0485. The molecule has 1 amide bonds. The summed E-state index contributed by atoms with van der Waals surface area (Å²) in [5, 5.41) is 12.8. The van der Waals surface area contributed by atoms with Gasteiger partial charge < -0.3 is 19.7 Å². The van der Waals surface area contributed by atoms with E-state index in [2.05, 4.69) is 26.2 Å². The highest BCUT2D eigenvalue weighted by Gasteiger charge is 2.18. The van der Waals surface area contributed by atoms with Gasteiger partial charge in [0.2, 0.25) is 0 Å². The number of para-hydroxylation sites is 1. The summed E-state index contributed by atoms with van der Waals surface area (Å²) < 4.78 is 8.00. The molecule has 0 radical (unpaired) electrons. The van der Waals surface area contributed by atoms with Crippen molar-refractivity contribution in [1.29, 1.82) is 0 Å². The number of nitrogens with one attached hydrogen (secondary N) is 1. The summed E-state index contributed by atoms with van der Waals surface area (Å²) in [6, 6.07) is 5.78. The molecule has 0 bridgehead atoms. The third kappa shape index (κ3) is 4.68. The second-order valence-corrected chi connectivity index (χ2v) is 7.27. The molecule has 0 aliphatic rings. The van der Waals surface area contributed by atoms with Gasteiger partial charge in [0.05, 0.1) is 23.7 Å². The lowest BCUT2D eigenvalue weighted by Gasteiger charge is -2.21. The monoisotopic (exact) mass is 383 g/mol. The van der Waals surface area contributed by atoms with E-state index in [0.717, 1.165) is 21.3 Å². The van der Waals surface area contributed by atoms with Gasteiger partial charge in [0.1, 0.15) is 11.4 Å². The maximum Gasteiger partial charge on any atom is 0.407 e. The van der Waals surface area contributed by atoms with Crippen LogP contribution in [0, 0.1) is 6.92 Å². The number of halogens is 1. The Morgan fingerprint density at radius 1 is 1.48 bits per heavy atom. The molecule has 2 aromatic rings. The minimum absolute atomic E-state index is 0.110. The average molecular weight is 384 g/mol. The Morgan fingerprint density at radius 3 is 2.83 bits per heavy atom. The predicted molar refractivity (Wildman–Crippen MR) is 92.4 cm³/mol. The molecule has 6 nitrogen and oxygen atoms in total. The van der Waals surface area contributed by atoms with Crippen molar-refractivity contribution in [1.82, 2.24) is 14.9 Å².